The van der Waals surface area contributed by atoms with Crippen LogP contribution in [0.5, 0.6) is 0 Å². The maximum Gasteiger partial charge on any atom is 0.0811 e. The highest BCUT2D eigenvalue weighted by Crippen LogP contribution is 2.59. The monoisotopic (exact) mass is 400 g/mol. The van der Waals surface area contributed by atoms with Gasteiger partial charge >= 0.3 is 0 Å². The molecule has 3 aliphatic carbocycles. The van der Waals surface area contributed by atoms with E-state index in [4.69, 9.17) is 0 Å². The molecule has 6 atom stereocenters. The number of aliphatic hydroxyl groups excluding tert-OH is 2. The Labute approximate surface area is 179 Å². The SMILES string of the molecule is C=C1/C(=C\C=C2/CCC[C@]3(C)[C@@H]2CC[C@@H]3[C@H](C)CCCC(C)C)C[C@@H](O)C[C@@H]1O. The number of hydrogen-bond donors (Lipinski definition) is 2. The number of allylic oxidation sites excluding steroid dienone is 3. The van der Waals surface area contributed by atoms with Crippen molar-refractivity contribution in [2.24, 2.45) is 29.1 Å². The van der Waals surface area contributed by atoms with Crippen molar-refractivity contribution < 1.29 is 10.2 Å². The lowest BCUT2D eigenvalue weighted by molar-refractivity contribution is 0.0861. The Morgan fingerprint density at radius 2 is 1.90 bits per heavy atom. The molecule has 3 rings (SSSR count). The molecular weight excluding hydrogens is 356 g/mol. The lowest BCUT2D eigenvalue weighted by atomic mass is 9.60. The van der Waals surface area contributed by atoms with Gasteiger partial charge in [0.2, 0.25) is 0 Å². The number of fused-ring (bicyclic) bond motifs is 1. The van der Waals surface area contributed by atoms with Crippen LogP contribution in [-0.2, 0) is 0 Å². The second-order valence-electron chi connectivity index (χ2n) is 11.0. The van der Waals surface area contributed by atoms with Crippen molar-refractivity contribution in [1.82, 2.24) is 0 Å². The molecule has 0 amide bonds. The highest BCUT2D eigenvalue weighted by Gasteiger charge is 2.50. The minimum atomic E-state index is -0.595. The number of rotatable bonds is 6. The lowest BCUT2D eigenvalue weighted by Crippen LogP contribution is -2.36. The molecule has 0 aromatic heterocycles. The molecule has 3 fully saturated rings. The van der Waals surface area contributed by atoms with Gasteiger partial charge in [-0.15, -0.1) is 0 Å². The Bertz CT molecular complexity index is 643. The van der Waals surface area contributed by atoms with Crippen LogP contribution in [0.1, 0.15) is 91.9 Å². The highest BCUT2D eigenvalue weighted by molar-refractivity contribution is 5.38. The van der Waals surface area contributed by atoms with Crippen molar-refractivity contribution in [3.8, 4) is 0 Å². The van der Waals surface area contributed by atoms with Crippen molar-refractivity contribution in [2.75, 3.05) is 0 Å². The first-order chi connectivity index (χ1) is 13.7. The molecule has 0 bridgehead atoms. The standard InChI is InChI=1S/C27H44O2/c1-18(2)8-6-9-19(3)24-13-14-25-21(10-7-15-27(24,25)5)11-12-22-16-23(28)17-26(29)20(22)4/h11-12,18-19,23-26,28-29H,4,6-10,13-17H2,1-3,5H3/b21-11+,22-12-/t19-,23-,24-,25-,26+,27+/m1/s1. The van der Waals surface area contributed by atoms with Crippen LogP contribution in [0.2, 0.25) is 0 Å². The topological polar surface area (TPSA) is 40.5 Å². The second-order valence-corrected chi connectivity index (χ2v) is 11.0. The summed E-state index contributed by atoms with van der Waals surface area (Å²) in [6.07, 6.45) is 15.2. The van der Waals surface area contributed by atoms with Crippen molar-refractivity contribution in [3.05, 3.63) is 35.5 Å². The molecule has 0 heterocycles. The first-order valence-corrected chi connectivity index (χ1v) is 12.2. The van der Waals surface area contributed by atoms with E-state index in [9.17, 15) is 10.2 Å². The zero-order valence-corrected chi connectivity index (χ0v) is 19.3. The molecule has 2 heteroatoms. The molecule has 2 nitrogen and oxygen atoms in total. The van der Waals surface area contributed by atoms with Crippen LogP contribution in [-0.4, -0.2) is 22.4 Å². The van der Waals surface area contributed by atoms with E-state index in [2.05, 4.69) is 46.4 Å². The summed E-state index contributed by atoms with van der Waals surface area (Å²) < 4.78 is 0. The fourth-order valence-corrected chi connectivity index (χ4v) is 6.73. The molecule has 0 aromatic rings. The Hall–Kier alpha value is -0.860. The van der Waals surface area contributed by atoms with Crippen molar-refractivity contribution in [2.45, 2.75) is 104 Å². The third-order valence-electron chi connectivity index (χ3n) is 8.43. The molecule has 2 N–H and O–H groups in total. The van der Waals surface area contributed by atoms with Crippen LogP contribution in [0.15, 0.2) is 35.5 Å². The molecule has 29 heavy (non-hydrogen) atoms. The summed E-state index contributed by atoms with van der Waals surface area (Å²) >= 11 is 0. The fourth-order valence-electron chi connectivity index (χ4n) is 6.73. The zero-order chi connectivity index (χ0) is 21.2. The maximum absolute atomic E-state index is 10.1. The lowest BCUT2D eigenvalue weighted by Gasteiger charge is -2.44. The molecule has 3 aliphatic rings. The molecule has 0 aliphatic heterocycles. The Morgan fingerprint density at radius 3 is 2.62 bits per heavy atom. The third-order valence-corrected chi connectivity index (χ3v) is 8.43. The summed E-state index contributed by atoms with van der Waals surface area (Å²) in [7, 11) is 0. The Kier molecular flexibility index (Phi) is 7.49. The van der Waals surface area contributed by atoms with Crippen molar-refractivity contribution in [1.29, 1.82) is 0 Å². The van der Waals surface area contributed by atoms with Crippen molar-refractivity contribution in [3.63, 3.8) is 0 Å². The number of hydrogen-bond acceptors (Lipinski definition) is 2. The van der Waals surface area contributed by atoms with Gasteiger partial charge in [0.05, 0.1) is 12.2 Å². The Morgan fingerprint density at radius 1 is 1.14 bits per heavy atom. The van der Waals surface area contributed by atoms with Gasteiger partial charge in [-0.3, -0.25) is 0 Å². The van der Waals surface area contributed by atoms with Gasteiger partial charge in [0.1, 0.15) is 0 Å². The van der Waals surface area contributed by atoms with Crippen LogP contribution in [0.4, 0.5) is 0 Å². The summed E-state index contributed by atoms with van der Waals surface area (Å²) in [4.78, 5) is 0. The van der Waals surface area contributed by atoms with Gasteiger partial charge in [0.25, 0.3) is 0 Å². The van der Waals surface area contributed by atoms with Crippen LogP contribution in [0.3, 0.4) is 0 Å². The van der Waals surface area contributed by atoms with E-state index in [1.165, 1.54) is 51.4 Å². The van der Waals surface area contributed by atoms with Gasteiger partial charge in [-0.25, -0.2) is 0 Å². The molecule has 0 radical (unpaired) electrons. The van der Waals surface area contributed by atoms with Gasteiger partial charge in [0.15, 0.2) is 0 Å². The highest BCUT2D eigenvalue weighted by atomic mass is 16.3. The molecule has 0 unspecified atom stereocenters. The quantitative estimate of drug-likeness (QED) is 0.528. The maximum atomic E-state index is 10.1. The van der Waals surface area contributed by atoms with Gasteiger partial charge < -0.3 is 10.2 Å². The minimum Gasteiger partial charge on any atom is -0.393 e. The first kappa shape index (κ1) is 22.8. The molecular formula is C27H44O2. The van der Waals surface area contributed by atoms with Gasteiger partial charge in [0, 0.05) is 6.42 Å². The van der Waals surface area contributed by atoms with E-state index < -0.39 is 12.2 Å². The smallest absolute Gasteiger partial charge is 0.0811 e. The molecule has 0 spiro atoms. The first-order valence-electron chi connectivity index (χ1n) is 12.2. The molecule has 164 valence electrons. The largest absolute Gasteiger partial charge is 0.393 e. The van der Waals surface area contributed by atoms with E-state index >= 15 is 0 Å². The average Bonchev–Trinajstić information content (AvgIpc) is 3.00. The van der Waals surface area contributed by atoms with E-state index in [-0.39, 0.29) is 0 Å². The number of aliphatic hydroxyl groups is 2. The van der Waals surface area contributed by atoms with Crippen LogP contribution < -0.4 is 0 Å². The van der Waals surface area contributed by atoms with Crippen LogP contribution in [0, 0.1) is 29.1 Å². The van der Waals surface area contributed by atoms with Crippen LogP contribution in [0.25, 0.3) is 0 Å². The Balaban J connectivity index is 1.71. The fraction of sp³-hybridized carbons (Fsp3) is 0.778. The van der Waals surface area contributed by atoms with Crippen LogP contribution >= 0.6 is 0 Å². The summed E-state index contributed by atoms with van der Waals surface area (Å²) in [6, 6.07) is 0. The predicted molar refractivity (Wildman–Crippen MR) is 123 cm³/mol. The van der Waals surface area contributed by atoms with Gasteiger partial charge in [-0.1, -0.05) is 71.3 Å². The molecule has 0 aromatic carbocycles. The summed E-state index contributed by atoms with van der Waals surface area (Å²) in [6.45, 7) is 13.8. The van der Waals surface area contributed by atoms with Gasteiger partial charge in [-0.05, 0) is 78.8 Å². The predicted octanol–water partition coefficient (Wildman–Crippen LogP) is 6.59. The van der Waals surface area contributed by atoms with E-state index in [0.29, 0.717) is 24.2 Å². The van der Waals surface area contributed by atoms with E-state index in [1.807, 2.05) is 0 Å². The average molecular weight is 401 g/mol. The molecule has 0 saturated heterocycles. The van der Waals surface area contributed by atoms with Crippen molar-refractivity contribution >= 4 is 0 Å². The summed E-state index contributed by atoms with van der Waals surface area (Å²) in [5, 5.41) is 20.2. The zero-order valence-electron chi connectivity index (χ0n) is 19.3. The normalized spacial score (nSPS) is 39.3. The summed E-state index contributed by atoms with van der Waals surface area (Å²) in [5.41, 5.74) is 3.88. The third kappa shape index (κ3) is 5.07. The minimum absolute atomic E-state index is 0.420. The summed E-state index contributed by atoms with van der Waals surface area (Å²) in [5.74, 6) is 3.20. The van der Waals surface area contributed by atoms with E-state index in [0.717, 1.165) is 28.9 Å². The van der Waals surface area contributed by atoms with Gasteiger partial charge in [-0.2, -0.15) is 0 Å². The second kappa shape index (κ2) is 9.52. The molecule has 3 saturated carbocycles. The van der Waals surface area contributed by atoms with E-state index in [1.54, 1.807) is 5.57 Å².